The molecule has 0 atom stereocenters. The maximum absolute atomic E-state index is 12.6. The highest BCUT2D eigenvalue weighted by Crippen LogP contribution is 2.30. The van der Waals surface area contributed by atoms with Gasteiger partial charge < -0.3 is 4.57 Å². The Kier molecular flexibility index (Phi) is 4.81. The third-order valence-corrected chi connectivity index (χ3v) is 6.45. The highest BCUT2D eigenvalue weighted by molar-refractivity contribution is 5.76. The van der Waals surface area contributed by atoms with Gasteiger partial charge in [0, 0.05) is 30.9 Å². The van der Waals surface area contributed by atoms with E-state index in [1.165, 1.54) is 15.7 Å². The number of nitrogens with one attached hydrogen (secondary N) is 1. The van der Waals surface area contributed by atoms with Crippen molar-refractivity contribution in [2.24, 2.45) is 7.05 Å². The van der Waals surface area contributed by atoms with Crippen LogP contribution in [0.2, 0.25) is 0 Å². The largest absolute Gasteiger partial charge is 0.329 e. The van der Waals surface area contributed by atoms with Crippen LogP contribution in [0.25, 0.3) is 16.9 Å². The van der Waals surface area contributed by atoms with Crippen LogP contribution in [0.5, 0.6) is 0 Å². The molecule has 2 aromatic carbocycles. The van der Waals surface area contributed by atoms with Crippen LogP contribution in [0.4, 0.5) is 0 Å². The second-order valence-corrected chi connectivity index (χ2v) is 8.22. The van der Waals surface area contributed by atoms with Gasteiger partial charge in [0.15, 0.2) is 11.2 Å². The highest BCUT2D eigenvalue weighted by atomic mass is 16.2. The van der Waals surface area contributed by atoms with Gasteiger partial charge in [-0.3, -0.25) is 18.7 Å². The molecule has 7 heteroatoms. The number of aryl methyl sites for hydroxylation is 3. The Bertz CT molecular complexity index is 1500. The first kappa shape index (κ1) is 20.1. The monoisotopic (exact) mass is 427 g/mol. The van der Waals surface area contributed by atoms with Crippen molar-refractivity contribution < 1.29 is 0 Å². The van der Waals surface area contributed by atoms with Crippen molar-refractivity contribution in [1.29, 1.82) is 0 Å². The van der Waals surface area contributed by atoms with Crippen LogP contribution in [-0.4, -0.2) is 23.5 Å². The van der Waals surface area contributed by atoms with Crippen LogP contribution in [0.1, 0.15) is 34.9 Å². The van der Waals surface area contributed by atoms with Gasteiger partial charge in [-0.15, -0.1) is 0 Å². The van der Waals surface area contributed by atoms with E-state index in [2.05, 4.69) is 58.1 Å². The van der Waals surface area contributed by atoms with E-state index in [0.717, 1.165) is 24.4 Å². The SMILES string of the molecule is Cc1c(C)n2c3c(=O)[nH]c(=O)n(C)c3nc2n1CCC(c1ccccc1)c1ccccc1. The third kappa shape index (κ3) is 3.09. The van der Waals surface area contributed by atoms with Crippen molar-refractivity contribution in [3.63, 3.8) is 0 Å². The molecule has 7 nitrogen and oxygen atoms in total. The molecular formula is C25H25N5O2. The zero-order valence-corrected chi connectivity index (χ0v) is 18.4. The predicted octanol–water partition coefficient (Wildman–Crippen LogP) is 3.52. The van der Waals surface area contributed by atoms with Gasteiger partial charge in [0.05, 0.1) is 0 Å². The number of benzene rings is 2. The minimum atomic E-state index is -0.461. The number of imidazole rings is 2. The molecule has 0 radical (unpaired) electrons. The Morgan fingerprint density at radius 3 is 2.09 bits per heavy atom. The quantitative estimate of drug-likeness (QED) is 0.466. The average molecular weight is 428 g/mol. The Morgan fingerprint density at radius 1 is 0.906 bits per heavy atom. The molecular weight excluding hydrogens is 402 g/mol. The molecule has 0 saturated carbocycles. The minimum absolute atomic E-state index is 0.233. The number of H-pyrrole nitrogens is 1. The fourth-order valence-electron chi connectivity index (χ4n) is 4.60. The summed E-state index contributed by atoms with van der Waals surface area (Å²) in [7, 11) is 1.63. The Morgan fingerprint density at radius 2 is 1.50 bits per heavy atom. The minimum Gasteiger partial charge on any atom is -0.314 e. The van der Waals surface area contributed by atoms with Crippen LogP contribution < -0.4 is 11.2 Å². The second kappa shape index (κ2) is 7.67. The van der Waals surface area contributed by atoms with Crippen molar-refractivity contribution in [3.8, 4) is 0 Å². The van der Waals surface area contributed by atoms with Gasteiger partial charge in [-0.1, -0.05) is 60.7 Å². The zero-order chi connectivity index (χ0) is 22.4. The highest BCUT2D eigenvalue weighted by Gasteiger charge is 2.22. The van der Waals surface area contributed by atoms with Crippen molar-refractivity contribution in [2.75, 3.05) is 0 Å². The molecule has 0 spiro atoms. The summed E-state index contributed by atoms with van der Waals surface area (Å²) in [5.74, 6) is 0.915. The first-order chi connectivity index (χ1) is 15.5. The summed E-state index contributed by atoms with van der Waals surface area (Å²) >= 11 is 0. The topological polar surface area (TPSA) is 77.1 Å². The number of hydrogen-bond acceptors (Lipinski definition) is 3. The van der Waals surface area contributed by atoms with Crippen molar-refractivity contribution >= 4 is 16.9 Å². The van der Waals surface area contributed by atoms with E-state index in [4.69, 9.17) is 4.98 Å². The smallest absolute Gasteiger partial charge is 0.314 e. The molecule has 0 aliphatic carbocycles. The maximum Gasteiger partial charge on any atom is 0.329 e. The molecule has 0 unspecified atom stereocenters. The fraction of sp³-hybridized carbons (Fsp3) is 0.240. The number of rotatable bonds is 5. The van der Waals surface area contributed by atoms with Crippen LogP contribution in [0.3, 0.4) is 0 Å². The molecule has 0 fully saturated rings. The lowest BCUT2D eigenvalue weighted by molar-refractivity contribution is 0.595. The van der Waals surface area contributed by atoms with E-state index in [1.54, 1.807) is 7.05 Å². The standard InChI is InChI=1S/C25H25N5O2/c1-16-17(2)30-21-22(28(3)25(32)27-23(21)31)26-24(30)29(16)15-14-20(18-10-6-4-7-11-18)19-12-8-5-9-13-19/h4-13,20H,14-15H2,1-3H3,(H,27,31,32). The number of aromatic amines is 1. The molecule has 0 saturated heterocycles. The van der Waals surface area contributed by atoms with Crippen LogP contribution in [0.15, 0.2) is 70.3 Å². The summed E-state index contributed by atoms with van der Waals surface area (Å²) in [4.78, 5) is 31.8. The first-order valence-corrected chi connectivity index (χ1v) is 10.7. The molecule has 3 aromatic heterocycles. The number of fused-ring (bicyclic) bond motifs is 3. The van der Waals surface area contributed by atoms with Crippen molar-refractivity contribution in [3.05, 3.63) is 104 Å². The molecule has 162 valence electrons. The third-order valence-electron chi connectivity index (χ3n) is 6.45. The normalized spacial score (nSPS) is 11.8. The van der Waals surface area contributed by atoms with Crippen molar-refractivity contribution in [1.82, 2.24) is 23.5 Å². The number of aromatic nitrogens is 5. The van der Waals surface area contributed by atoms with Gasteiger partial charge in [0.1, 0.15) is 0 Å². The average Bonchev–Trinajstić information content (AvgIpc) is 3.31. The van der Waals surface area contributed by atoms with Gasteiger partial charge in [0.2, 0.25) is 5.78 Å². The number of nitrogens with zero attached hydrogens (tertiary/aromatic N) is 4. The molecule has 3 heterocycles. The Hall–Kier alpha value is -3.87. The molecule has 32 heavy (non-hydrogen) atoms. The van der Waals surface area contributed by atoms with Gasteiger partial charge >= 0.3 is 5.69 Å². The molecule has 0 aliphatic rings. The van der Waals surface area contributed by atoms with Crippen LogP contribution >= 0.6 is 0 Å². The second-order valence-electron chi connectivity index (χ2n) is 8.22. The van der Waals surface area contributed by atoms with E-state index in [-0.39, 0.29) is 5.92 Å². The van der Waals surface area contributed by atoms with Crippen molar-refractivity contribution in [2.45, 2.75) is 32.7 Å². The predicted molar refractivity (Wildman–Crippen MR) is 125 cm³/mol. The summed E-state index contributed by atoms with van der Waals surface area (Å²) in [5.41, 5.74) is 4.47. The van der Waals surface area contributed by atoms with E-state index < -0.39 is 11.2 Å². The molecule has 0 amide bonds. The van der Waals surface area contributed by atoms with E-state index in [9.17, 15) is 9.59 Å². The van der Waals surface area contributed by atoms with Gasteiger partial charge in [0.25, 0.3) is 5.56 Å². The summed E-state index contributed by atoms with van der Waals surface area (Å²) in [5, 5.41) is 0. The first-order valence-electron chi connectivity index (χ1n) is 10.7. The molecule has 1 N–H and O–H groups in total. The summed E-state index contributed by atoms with van der Waals surface area (Å²) in [6.45, 7) is 4.76. The lowest BCUT2D eigenvalue weighted by atomic mass is 9.88. The lowest BCUT2D eigenvalue weighted by Crippen LogP contribution is -2.28. The molecule has 0 aliphatic heterocycles. The lowest BCUT2D eigenvalue weighted by Gasteiger charge is -2.19. The zero-order valence-electron chi connectivity index (χ0n) is 18.4. The summed E-state index contributed by atoms with van der Waals surface area (Å²) in [6, 6.07) is 21.0. The van der Waals surface area contributed by atoms with Gasteiger partial charge in [-0.25, -0.2) is 4.79 Å². The number of hydrogen-bond donors (Lipinski definition) is 1. The van der Waals surface area contributed by atoms with Gasteiger partial charge in [-0.05, 0) is 31.4 Å². The van der Waals surface area contributed by atoms with Gasteiger partial charge in [-0.2, -0.15) is 4.98 Å². The maximum atomic E-state index is 12.6. The fourth-order valence-corrected chi connectivity index (χ4v) is 4.60. The van der Waals surface area contributed by atoms with Crippen LogP contribution in [0, 0.1) is 13.8 Å². The summed E-state index contributed by atoms with van der Waals surface area (Å²) < 4.78 is 5.40. The van der Waals surface area contributed by atoms with E-state index in [0.29, 0.717) is 16.9 Å². The molecule has 5 rings (SSSR count). The van der Waals surface area contributed by atoms with Crippen LogP contribution in [-0.2, 0) is 13.6 Å². The molecule has 0 bridgehead atoms. The Labute approximate surface area is 184 Å². The summed E-state index contributed by atoms with van der Waals surface area (Å²) in [6.07, 6.45) is 0.872. The molecule has 5 aromatic rings. The van der Waals surface area contributed by atoms with E-state index >= 15 is 0 Å². The van der Waals surface area contributed by atoms with E-state index in [1.807, 2.05) is 30.4 Å². The Balaban J connectivity index is 1.62.